The quantitative estimate of drug-likeness (QED) is 0.777. The second-order valence-electron chi connectivity index (χ2n) is 3.84. The van der Waals surface area contributed by atoms with Crippen LogP contribution in [0.2, 0.25) is 0 Å². The Kier molecular flexibility index (Phi) is 2.92. The molecule has 0 spiro atoms. The lowest BCUT2D eigenvalue weighted by Gasteiger charge is -2.07. The fraction of sp³-hybridized carbons (Fsp3) is 0. The molecule has 0 saturated carbocycles. The first-order valence-electron chi connectivity index (χ1n) is 5.18. The van der Waals surface area contributed by atoms with Gasteiger partial charge in [0.05, 0.1) is 16.7 Å². The molecule has 0 aliphatic rings. The molecule has 6 heteroatoms. The van der Waals surface area contributed by atoms with Crippen LogP contribution >= 0.6 is 0 Å². The highest BCUT2D eigenvalue weighted by Crippen LogP contribution is 2.24. The lowest BCUT2D eigenvalue weighted by molar-refractivity contribution is 0.0652. The Morgan fingerprint density at radius 3 is 1.79 bits per heavy atom. The van der Waals surface area contributed by atoms with Crippen molar-refractivity contribution in [3.05, 3.63) is 47.0 Å². The van der Waals surface area contributed by atoms with E-state index in [9.17, 15) is 14.4 Å². The van der Waals surface area contributed by atoms with Gasteiger partial charge < -0.3 is 15.3 Å². The van der Waals surface area contributed by atoms with E-state index in [0.29, 0.717) is 5.39 Å². The predicted octanol–water partition coefficient (Wildman–Crippen LogP) is 1.93. The van der Waals surface area contributed by atoms with Gasteiger partial charge in [0.25, 0.3) is 0 Å². The molecular formula is C13H8O6. The number of hydrogen-bond donors (Lipinski definition) is 3. The zero-order chi connectivity index (χ0) is 14.2. The summed E-state index contributed by atoms with van der Waals surface area (Å²) in [5.74, 6) is -4.00. The highest BCUT2D eigenvalue weighted by molar-refractivity contribution is 6.10. The maximum Gasteiger partial charge on any atom is 0.336 e. The van der Waals surface area contributed by atoms with E-state index in [4.69, 9.17) is 15.3 Å². The van der Waals surface area contributed by atoms with Crippen LogP contribution in [0.3, 0.4) is 0 Å². The minimum atomic E-state index is -1.42. The molecule has 96 valence electrons. The molecule has 0 bridgehead atoms. The number of fused-ring (bicyclic) bond motifs is 1. The predicted molar refractivity (Wildman–Crippen MR) is 64.8 cm³/mol. The monoisotopic (exact) mass is 260 g/mol. The van der Waals surface area contributed by atoms with Gasteiger partial charge in [-0.05, 0) is 29.0 Å². The van der Waals surface area contributed by atoms with Crippen LogP contribution in [0.15, 0.2) is 30.3 Å². The summed E-state index contributed by atoms with van der Waals surface area (Å²) in [4.78, 5) is 33.1. The Balaban J connectivity index is 2.89. The summed E-state index contributed by atoms with van der Waals surface area (Å²) in [5.41, 5.74) is -0.881. The van der Waals surface area contributed by atoms with Crippen LogP contribution in [0.1, 0.15) is 31.1 Å². The maximum absolute atomic E-state index is 11.1. The van der Waals surface area contributed by atoms with Crippen LogP contribution in [-0.2, 0) is 0 Å². The third-order valence-corrected chi connectivity index (χ3v) is 2.71. The molecule has 0 atom stereocenters. The molecule has 0 fully saturated rings. The summed E-state index contributed by atoms with van der Waals surface area (Å²) in [6.45, 7) is 0. The number of carboxylic acids is 3. The topological polar surface area (TPSA) is 112 Å². The Bertz CT molecular complexity index is 716. The summed E-state index contributed by atoms with van der Waals surface area (Å²) in [6.07, 6.45) is 0. The molecule has 0 radical (unpaired) electrons. The van der Waals surface area contributed by atoms with Gasteiger partial charge in [0.2, 0.25) is 0 Å². The van der Waals surface area contributed by atoms with Gasteiger partial charge in [0, 0.05) is 0 Å². The zero-order valence-electron chi connectivity index (χ0n) is 9.45. The van der Waals surface area contributed by atoms with Crippen LogP contribution in [0.5, 0.6) is 0 Å². The number of aromatic carboxylic acids is 3. The second-order valence-corrected chi connectivity index (χ2v) is 3.84. The van der Waals surface area contributed by atoms with Crippen molar-refractivity contribution in [1.29, 1.82) is 0 Å². The molecular weight excluding hydrogens is 252 g/mol. The zero-order valence-corrected chi connectivity index (χ0v) is 9.45. The van der Waals surface area contributed by atoms with E-state index in [-0.39, 0.29) is 16.5 Å². The molecule has 19 heavy (non-hydrogen) atoms. The molecule has 0 amide bonds. The van der Waals surface area contributed by atoms with Crippen LogP contribution in [0, 0.1) is 0 Å². The van der Waals surface area contributed by atoms with E-state index in [1.807, 2.05) is 0 Å². The fourth-order valence-electron chi connectivity index (χ4n) is 1.87. The first-order valence-corrected chi connectivity index (χ1v) is 5.18. The van der Waals surface area contributed by atoms with E-state index in [1.165, 1.54) is 18.2 Å². The van der Waals surface area contributed by atoms with Crippen molar-refractivity contribution in [2.24, 2.45) is 0 Å². The molecule has 0 saturated heterocycles. The van der Waals surface area contributed by atoms with E-state index in [1.54, 1.807) is 0 Å². The first-order chi connectivity index (χ1) is 8.91. The van der Waals surface area contributed by atoms with Crippen LogP contribution < -0.4 is 0 Å². The van der Waals surface area contributed by atoms with Crippen molar-refractivity contribution in [2.75, 3.05) is 0 Å². The Labute approximate surface area is 106 Å². The fourth-order valence-corrected chi connectivity index (χ4v) is 1.87. The normalized spacial score (nSPS) is 10.3. The molecule has 0 aliphatic heterocycles. The summed E-state index contributed by atoms with van der Waals surface area (Å²) in [7, 11) is 0. The molecule has 0 unspecified atom stereocenters. The van der Waals surface area contributed by atoms with Gasteiger partial charge in [0.1, 0.15) is 0 Å². The van der Waals surface area contributed by atoms with Gasteiger partial charge in [-0.2, -0.15) is 0 Å². The third kappa shape index (κ3) is 2.11. The smallest absolute Gasteiger partial charge is 0.336 e. The molecule has 3 N–H and O–H groups in total. The molecule has 2 aromatic rings. The number of rotatable bonds is 3. The largest absolute Gasteiger partial charge is 0.478 e. The Morgan fingerprint density at radius 1 is 0.737 bits per heavy atom. The lowest BCUT2D eigenvalue weighted by atomic mass is 9.97. The van der Waals surface area contributed by atoms with Crippen molar-refractivity contribution in [3.8, 4) is 0 Å². The average molecular weight is 260 g/mol. The summed E-state index contributed by atoms with van der Waals surface area (Å²) < 4.78 is 0. The van der Waals surface area contributed by atoms with Gasteiger partial charge in [-0.15, -0.1) is 0 Å². The number of carbonyl (C=O) groups is 3. The number of benzene rings is 2. The molecule has 0 aromatic heterocycles. The van der Waals surface area contributed by atoms with Crippen molar-refractivity contribution < 1.29 is 29.7 Å². The highest BCUT2D eigenvalue weighted by Gasteiger charge is 2.19. The minimum absolute atomic E-state index is 0.0723. The van der Waals surface area contributed by atoms with Crippen molar-refractivity contribution in [1.82, 2.24) is 0 Å². The lowest BCUT2D eigenvalue weighted by Crippen LogP contribution is -2.09. The summed E-state index contributed by atoms with van der Waals surface area (Å²) in [6, 6.07) is 6.56. The molecule has 2 aromatic carbocycles. The number of carboxylic acid groups (broad SMARTS) is 3. The Hall–Kier alpha value is -2.89. The second kappa shape index (κ2) is 4.41. The average Bonchev–Trinajstić information content (AvgIpc) is 2.35. The highest BCUT2D eigenvalue weighted by atomic mass is 16.4. The standard InChI is InChI=1S/C13H8O6/c14-11(15)7-3-1-2-6-4-9(12(16)17)10(13(18)19)5-8(6)7/h1-5H,(H,14,15)(H,16,17)(H,18,19). The van der Waals surface area contributed by atoms with Crippen molar-refractivity contribution in [3.63, 3.8) is 0 Å². The van der Waals surface area contributed by atoms with Crippen LogP contribution in [0.4, 0.5) is 0 Å². The maximum atomic E-state index is 11.1. The van der Waals surface area contributed by atoms with E-state index >= 15 is 0 Å². The molecule has 0 heterocycles. The Morgan fingerprint density at radius 2 is 1.26 bits per heavy atom. The molecule has 6 nitrogen and oxygen atoms in total. The number of hydrogen-bond acceptors (Lipinski definition) is 3. The summed E-state index contributed by atoms with van der Waals surface area (Å²) >= 11 is 0. The van der Waals surface area contributed by atoms with E-state index in [0.717, 1.165) is 12.1 Å². The van der Waals surface area contributed by atoms with Crippen LogP contribution in [-0.4, -0.2) is 33.2 Å². The van der Waals surface area contributed by atoms with Gasteiger partial charge in [-0.25, -0.2) is 14.4 Å². The SMILES string of the molecule is O=C(O)c1cc2cccc(C(=O)O)c2cc1C(=O)O. The molecule has 2 rings (SSSR count). The van der Waals surface area contributed by atoms with Crippen molar-refractivity contribution >= 4 is 28.7 Å². The van der Waals surface area contributed by atoms with Gasteiger partial charge in [-0.1, -0.05) is 12.1 Å². The first kappa shape index (κ1) is 12.6. The van der Waals surface area contributed by atoms with Crippen LogP contribution in [0.25, 0.3) is 10.8 Å². The van der Waals surface area contributed by atoms with Gasteiger partial charge in [0.15, 0.2) is 0 Å². The molecule has 0 aliphatic carbocycles. The minimum Gasteiger partial charge on any atom is -0.478 e. The van der Waals surface area contributed by atoms with Gasteiger partial charge >= 0.3 is 17.9 Å². The van der Waals surface area contributed by atoms with Gasteiger partial charge in [-0.3, -0.25) is 0 Å². The van der Waals surface area contributed by atoms with Crippen molar-refractivity contribution in [2.45, 2.75) is 0 Å². The third-order valence-electron chi connectivity index (χ3n) is 2.71. The van der Waals surface area contributed by atoms with E-state index in [2.05, 4.69) is 0 Å². The summed E-state index contributed by atoms with van der Waals surface area (Å²) in [5, 5.41) is 27.5. The van der Waals surface area contributed by atoms with E-state index < -0.39 is 23.5 Å².